The summed E-state index contributed by atoms with van der Waals surface area (Å²) in [6, 6.07) is 8.94. The minimum absolute atomic E-state index is 0.717. The van der Waals surface area contributed by atoms with Crippen LogP contribution in [0.5, 0.6) is 0 Å². The summed E-state index contributed by atoms with van der Waals surface area (Å²) >= 11 is 0. The molecule has 1 aliphatic heterocycles. The van der Waals surface area contributed by atoms with Gasteiger partial charge in [-0.2, -0.15) is 0 Å². The number of rotatable bonds is 2. The second-order valence-electron chi connectivity index (χ2n) is 4.88. The van der Waals surface area contributed by atoms with Crippen molar-refractivity contribution in [2.45, 2.75) is 33.2 Å². The third kappa shape index (κ3) is 2.07. The highest BCUT2D eigenvalue weighted by Gasteiger charge is 2.25. The number of hydrogen-bond acceptors (Lipinski definition) is 1. The van der Waals surface area contributed by atoms with E-state index in [9.17, 15) is 0 Å². The third-order valence-corrected chi connectivity index (χ3v) is 3.56. The van der Waals surface area contributed by atoms with Gasteiger partial charge in [-0.1, -0.05) is 45.0 Å². The van der Waals surface area contributed by atoms with E-state index >= 15 is 0 Å². The topological polar surface area (TPSA) is 3.24 Å². The Labute approximate surface area is 93.1 Å². The van der Waals surface area contributed by atoms with Crippen molar-refractivity contribution in [2.75, 3.05) is 13.1 Å². The highest BCUT2D eigenvalue weighted by Crippen LogP contribution is 2.32. The summed E-state index contributed by atoms with van der Waals surface area (Å²) in [7, 11) is 0. The quantitative estimate of drug-likeness (QED) is 0.713. The van der Waals surface area contributed by atoms with E-state index in [1.54, 1.807) is 5.56 Å². The fourth-order valence-corrected chi connectivity index (χ4v) is 2.53. The summed E-state index contributed by atoms with van der Waals surface area (Å²) in [6.45, 7) is 10.4. The molecule has 15 heavy (non-hydrogen) atoms. The molecule has 0 spiro atoms. The Kier molecular flexibility index (Phi) is 3.11. The maximum absolute atomic E-state index is 2.55. The average molecular weight is 203 g/mol. The second kappa shape index (κ2) is 4.36. The van der Waals surface area contributed by atoms with Crippen LogP contribution in [0, 0.1) is 5.92 Å². The van der Waals surface area contributed by atoms with Crippen LogP contribution in [0.3, 0.4) is 0 Å². The Morgan fingerprint density at radius 1 is 1.33 bits per heavy atom. The van der Waals surface area contributed by atoms with Gasteiger partial charge in [-0.15, -0.1) is 0 Å². The van der Waals surface area contributed by atoms with Crippen LogP contribution in [0.4, 0.5) is 0 Å². The molecule has 0 saturated heterocycles. The first-order valence-electron chi connectivity index (χ1n) is 6.02. The number of nitrogens with zero attached hydrogens (tertiary/aromatic N) is 1. The number of benzene rings is 1. The molecule has 0 aromatic heterocycles. The average Bonchev–Trinajstić information content (AvgIpc) is 2.27. The van der Waals surface area contributed by atoms with Crippen LogP contribution in [0.25, 0.3) is 0 Å². The molecule has 1 aromatic rings. The molecule has 0 amide bonds. The van der Waals surface area contributed by atoms with E-state index in [1.165, 1.54) is 12.1 Å². The highest BCUT2D eigenvalue weighted by atomic mass is 15.1. The molecule has 0 aliphatic carbocycles. The molecule has 2 rings (SSSR count). The van der Waals surface area contributed by atoms with E-state index < -0.39 is 0 Å². The van der Waals surface area contributed by atoms with Gasteiger partial charge in [-0.25, -0.2) is 0 Å². The Morgan fingerprint density at radius 2 is 2.07 bits per heavy atom. The van der Waals surface area contributed by atoms with E-state index in [0.717, 1.165) is 24.9 Å². The molecule has 1 unspecified atom stereocenters. The molecular formula is C14H21N. The Morgan fingerprint density at radius 3 is 2.73 bits per heavy atom. The summed E-state index contributed by atoms with van der Waals surface area (Å²) in [6.07, 6.45) is 0. The van der Waals surface area contributed by atoms with Crippen LogP contribution in [0.2, 0.25) is 0 Å². The predicted octanol–water partition coefficient (Wildman–Crippen LogP) is 3.26. The normalized spacial score (nSPS) is 21.7. The van der Waals surface area contributed by atoms with Crippen molar-refractivity contribution < 1.29 is 0 Å². The van der Waals surface area contributed by atoms with Gasteiger partial charge in [0.25, 0.3) is 0 Å². The van der Waals surface area contributed by atoms with Gasteiger partial charge in [0.1, 0.15) is 0 Å². The molecule has 82 valence electrons. The van der Waals surface area contributed by atoms with Crippen LogP contribution < -0.4 is 0 Å². The minimum Gasteiger partial charge on any atom is -0.299 e. The molecule has 1 aliphatic rings. The van der Waals surface area contributed by atoms with Crippen LogP contribution in [-0.2, 0) is 6.54 Å². The minimum atomic E-state index is 0.717. The van der Waals surface area contributed by atoms with Gasteiger partial charge in [0.05, 0.1) is 0 Å². The monoisotopic (exact) mass is 203 g/mol. The molecule has 0 radical (unpaired) electrons. The molecule has 1 aromatic carbocycles. The van der Waals surface area contributed by atoms with E-state index in [1.807, 2.05) is 0 Å². The second-order valence-corrected chi connectivity index (χ2v) is 4.88. The third-order valence-electron chi connectivity index (χ3n) is 3.56. The molecule has 1 atom stereocenters. The maximum Gasteiger partial charge on any atom is 0.0236 e. The molecule has 0 N–H and O–H groups in total. The van der Waals surface area contributed by atoms with Crippen molar-refractivity contribution >= 4 is 0 Å². The zero-order valence-corrected chi connectivity index (χ0v) is 10.0. The number of likely N-dealkylation sites (N-methyl/N-ethyl adjacent to an activating group) is 1. The van der Waals surface area contributed by atoms with Crippen LogP contribution in [0.1, 0.15) is 37.8 Å². The first kappa shape index (κ1) is 10.7. The van der Waals surface area contributed by atoms with E-state index in [-0.39, 0.29) is 0 Å². The van der Waals surface area contributed by atoms with Crippen LogP contribution >= 0.6 is 0 Å². The van der Waals surface area contributed by atoms with Crippen molar-refractivity contribution in [3.8, 4) is 0 Å². The summed E-state index contributed by atoms with van der Waals surface area (Å²) in [5.41, 5.74) is 3.11. The van der Waals surface area contributed by atoms with E-state index in [0.29, 0.717) is 0 Å². The van der Waals surface area contributed by atoms with Gasteiger partial charge in [0.15, 0.2) is 0 Å². The molecule has 1 heterocycles. The van der Waals surface area contributed by atoms with Gasteiger partial charge < -0.3 is 0 Å². The standard InChI is InChI=1S/C14H21N/c1-4-15-9-12-7-5-6-8-13(12)14(10-15)11(2)3/h5-8,11,14H,4,9-10H2,1-3H3. The number of fused-ring (bicyclic) bond motifs is 1. The molecule has 0 fully saturated rings. The lowest BCUT2D eigenvalue weighted by atomic mass is 9.82. The highest BCUT2D eigenvalue weighted by molar-refractivity contribution is 5.33. The van der Waals surface area contributed by atoms with Gasteiger partial charge in [0, 0.05) is 13.1 Å². The van der Waals surface area contributed by atoms with Crippen LogP contribution in [-0.4, -0.2) is 18.0 Å². The van der Waals surface area contributed by atoms with Gasteiger partial charge in [-0.3, -0.25) is 4.90 Å². The van der Waals surface area contributed by atoms with Crippen molar-refractivity contribution in [3.63, 3.8) is 0 Å². The largest absolute Gasteiger partial charge is 0.299 e. The Bertz CT molecular complexity index is 330. The fourth-order valence-electron chi connectivity index (χ4n) is 2.53. The van der Waals surface area contributed by atoms with Crippen molar-refractivity contribution in [2.24, 2.45) is 5.92 Å². The fraction of sp³-hybridized carbons (Fsp3) is 0.571. The number of hydrogen-bond donors (Lipinski definition) is 0. The lowest BCUT2D eigenvalue weighted by Gasteiger charge is -2.36. The Balaban J connectivity index is 2.34. The molecule has 0 bridgehead atoms. The smallest absolute Gasteiger partial charge is 0.0236 e. The zero-order chi connectivity index (χ0) is 10.8. The molecule has 1 heteroatoms. The first-order valence-corrected chi connectivity index (χ1v) is 6.02. The van der Waals surface area contributed by atoms with Gasteiger partial charge >= 0.3 is 0 Å². The maximum atomic E-state index is 2.55. The lowest BCUT2D eigenvalue weighted by Crippen LogP contribution is -2.35. The van der Waals surface area contributed by atoms with Crippen LogP contribution in [0.15, 0.2) is 24.3 Å². The van der Waals surface area contributed by atoms with Crippen molar-refractivity contribution in [1.82, 2.24) is 4.90 Å². The molecule has 1 nitrogen and oxygen atoms in total. The first-order chi connectivity index (χ1) is 7.22. The SMILES string of the molecule is CCN1Cc2ccccc2C(C(C)C)C1. The van der Waals surface area contributed by atoms with Crippen molar-refractivity contribution in [1.29, 1.82) is 0 Å². The van der Waals surface area contributed by atoms with Crippen molar-refractivity contribution in [3.05, 3.63) is 35.4 Å². The molecular weight excluding hydrogens is 182 g/mol. The summed E-state index contributed by atoms with van der Waals surface area (Å²) < 4.78 is 0. The summed E-state index contributed by atoms with van der Waals surface area (Å²) in [5.74, 6) is 1.45. The van der Waals surface area contributed by atoms with Gasteiger partial charge in [0.2, 0.25) is 0 Å². The molecule has 0 saturated carbocycles. The van der Waals surface area contributed by atoms with E-state index in [2.05, 4.69) is 49.9 Å². The summed E-state index contributed by atoms with van der Waals surface area (Å²) in [4.78, 5) is 2.55. The predicted molar refractivity (Wildman–Crippen MR) is 65.0 cm³/mol. The van der Waals surface area contributed by atoms with Gasteiger partial charge in [-0.05, 0) is 29.5 Å². The lowest BCUT2D eigenvalue weighted by molar-refractivity contribution is 0.220. The summed E-state index contributed by atoms with van der Waals surface area (Å²) in [5, 5.41) is 0. The van der Waals surface area contributed by atoms with E-state index in [4.69, 9.17) is 0 Å². The zero-order valence-electron chi connectivity index (χ0n) is 10.0. The Hall–Kier alpha value is -0.820.